The lowest BCUT2D eigenvalue weighted by atomic mass is 10.5. The zero-order chi connectivity index (χ0) is 6.95. The van der Waals surface area contributed by atoms with Gasteiger partial charge in [-0.05, 0) is 12.1 Å². The lowest BCUT2D eigenvalue weighted by Crippen LogP contribution is -1.58. The van der Waals surface area contributed by atoms with E-state index in [1.54, 1.807) is 12.4 Å². The molecule has 0 aliphatic heterocycles. The van der Waals surface area contributed by atoms with Crippen LogP contribution in [0.2, 0.25) is 0 Å². The minimum atomic E-state index is -0.250. The van der Waals surface area contributed by atoms with E-state index in [1.807, 2.05) is 18.2 Å². The molecule has 0 fully saturated rings. The van der Waals surface area contributed by atoms with Crippen molar-refractivity contribution in [3.63, 3.8) is 0 Å². The molecule has 0 saturated heterocycles. The second-order valence-corrected chi connectivity index (χ2v) is 1.13. The highest BCUT2D eigenvalue weighted by atomic mass is 24.3. The summed E-state index contributed by atoms with van der Waals surface area (Å²) in [7, 11) is 0. The van der Waals surface area contributed by atoms with Crippen molar-refractivity contribution in [1.29, 1.82) is 0 Å². The molecule has 0 bridgehead atoms. The van der Waals surface area contributed by atoms with Crippen molar-refractivity contribution in [2.24, 2.45) is 0 Å². The summed E-state index contributed by atoms with van der Waals surface area (Å²) < 4.78 is 0. The number of aromatic nitrogens is 1. The highest BCUT2D eigenvalue weighted by molar-refractivity contribution is 5.75. The Morgan fingerprint density at radius 3 is 1.70 bits per heavy atom. The van der Waals surface area contributed by atoms with Crippen LogP contribution in [0.25, 0.3) is 0 Å². The minimum absolute atomic E-state index is 0. The second-order valence-electron chi connectivity index (χ2n) is 1.13. The number of carbonyl (C=O) groups is 1. The first-order valence-electron chi connectivity index (χ1n) is 2.34. The maximum atomic E-state index is 8.36. The third-order valence-electron chi connectivity index (χ3n) is 0.566. The Bertz CT molecular complexity index is 119. The van der Waals surface area contributed by atoms with Crippen LogP contribution in [0, 0.1) is 0 Å². The van der Waals surface area contributed by atoms with Crippen molar-refractivity contribution in [3.8, 4) is 0 Å². The van der Waals surface area contributed by atoms with Gasteiger partial charge in [0, 0.05) is 12.4 Å². The van der Waals surface area contributed by atoms with E-state index < -0.39 is 0 Å². The molecule has 4 heteroatoms. The summed E-state index contributed by atoms with van der Waals surface area (Å²) >= 11 is 0. The molecular weight excluding hydrogens is 142 g/mol. The zero-order valence-corrected chi connectivity index (χ0v) is 4.77. The van der Waals surface area contributed by atoms with Crippen molar-refractivity contribution < 1.29 is 9.90 Å². The molecule has 0 spiro atoms. The van der Waals surface area contributed by atoms with E-state index in [9.17, 15) is 0 Å². The molecule has 1 heterocycles. The highest BCUT2D eigenvalue weighted by Gasteiger charge is 1.58. The van der Waals surface area contributed by atoms with Crippen LogP contribution in [0.4, 0.5) is 0 Å². The maximum absolute atomic E-state index is 8.36. The van der Waals surface area contributed by atoms with E-state index in [0.717, 1.165) is 0 Å². The Morgan fingerprint density at radius 2 is 1.60 bits per heavy atom. The van der Waals surface area contributed by atoms with Crippen molar-refractivity contribution in [3.05, 3.63) is 30.6 Å². The predicted molar refractivity (Wildman–Crippen MR) is 41.5 cm³/mol. The third-order valence-corrected chi connectivity index (χ3v) is 0.566. The van der Waals surface area contributed by atoms with E-state index in [4.69, 9.17) is 9.90 Å². The molecule has 0 aliphatic carbocycles. The van der Waals surface area contributed by atoms with E-state index in [0.29, 0.717) is 0 Å². The van der Waals surface area contributed by atoms with Gasteiger partial charge < -0.3 is 5.11 Å². The third kappa shape index (κ3) is 10.4. The summed E-state index contributed by atoms with van der Waals surface area (Å²) in [4.78, 5) is 12.1. The zero-order valence-electron chi connectivity index (χ0n) is 4.77. The van der Waals surface area contributed by atoms with Crippen LogP contribution in [-0.4, -0.2) is 39.6 Å². The lowest BCUT2D eigenvalue weighted by molar-refractivity contribution is -0.122. The molecule has 3 nitrogen and oxygen atoms in total. The molecule has 0 saturated carbocycles. The first-order valence-corrected chi connectivity index (χ1v) is 2.34. The Morgan fingerprint density at radius 1 is 1.20 bits per heavy atom. The van der Waals surface area contributed by atoms with E-state index in [-0.39, 0.29) is 29.5 Å². The lowest BCUT2D eigenvalue weighted by Gasteiger charge is -1.70. The number of hydrogen-bond donors (Lipinski definition) is 1. The van der Waals surface area contributed by atoms with Crippen LogP contribution in [0.5, 0.6) is 0 Å². The molecule has 1 rings (SSSR count). The smallest absolute Gasteiger partial charge is 0.316 e. The van der Waals surface area contributed by atoms with Crippen LogP contribution in [0.15, 0.2) is 30.6 Å². The van der Waals surface area contributed by atoms with Crippen molar-refractivity contribution >= 4 is 29.5 Å². The van der Waals surface area contributed by atoms with Gasteiger partial charge in [0.25, 0.3) is 6.47 Å². The van der Waals surface area contributed by atoms with Crippen LogP contribution in [0.3, 0.4) is 0 Å². The van der Waals surface area contributed by atoms with Gasteiger partial charge in [-0.3, -0.25) is 9.78 Å². The molecule has 10 heavy (non-hydrogen) atoms. The number of pyridine rings is 1. The fourth-order valence-corrected chi connectivity index (χ4v) is 0.313. The van der Waals surface area contributed by atoms with Gasteiger partial charge in [-0.2, -0.15) is 0 Å². The van der Waals surface area contributed by atoms with E-state index in [2.05, 4.69) is 4.98 Å². The summed E-state index contributed by atoms with van der Waals surface area (Å²) in [6.45, 7) is -0.250. The van der Waals surface area contributed by atoms with Gasteiger partial charge in [0.1, 0.15) is 0 Å². The van der Waals surface area contributed by atoms with Gasteiger partial charge in [0.15, 0.2) is 0 Å². The Kier molecular flexibility index (Phi) is 13.6. The van der Waals surface area contributed by atoms with Gasteiger partial charge in [-0.1, -0.05) is 6.07 Å². The standard InChI is InChI=1S/C5H5N.CH2O2.Mg.2H/c1-2-4-6-5-3-1;2-1-3;;;/h1-5H;1H,(H,2,3);;;. The number of carboxylic acid groups (broad SMARTS) is 1. The molecule has 0 unspecified atom stereocenters. The van der Waals surface area contributed by atoms with Crippen LogP contribution >= 0.6 is 0 Å². The van der Waals surface area contributed by atoms with E-state index in [1.165, 1.54) is 0 Å². The van der Waals surface area contributed by atoms with Gasteiger partial charge in [-0.25, -0.2) is 0 Å². The Labute approximate surface area is 75.2 Å². The molecule has 0 aromatic carbocycles. The average Bonchev–Trinajstić information content (AvgIpc) is 1.93. The molecule has 1 aromatic heterocycles. The van der Waals surface area contributed by atoms with Gasteiger partial charge in [0.2, 0.25) is 0 Å². The molecule has 52 valence electrons. The number of nitrogens with zero attached hydrogens (tertiary/aromatic N) is 1. The normalized spacial score (nSPS) is 6.00. The quantitative estimate of drug-likeness (QED) is 0.415. The highest BCUT2D eigenvalue weighted by Crippen LogP contribution is 1.73. The Hall–Kier alpha value is -0.614. The molecule has 0 radical (unpaired) electrons. The van der Waals surface area contributed by atoms with Crippen molar-refractivity contribution in [2.75, 3.05) is 0 Å². The van der Waals surface area contributed by atoms with Crippen LogP contribution in [0.1, 0.15) is 0 Å². The maximum Gasteiger partial charge on any atom is 0.316 e. The largest absolute Gasteiger partial charge is 0.483 e. The molecule has 1 N–H and O–H groups in total. The predicted octanol–water partition coefficient (Wildman–Crippen LogP) is -0.134. The molecule has 0 amide bonds. The van der Waals surface area contributed by atoms with Crippen molar-refractivity contribution in [1.82, 2.24) is 4.98 Å². The summed E-state index contributed by atoms with van der Waals surface area (Å²) in [5, 5.41) is 6.89. The summed E-state index contributed by atoms with van der Waals surface area (Å²) in [5.74, 6) is 0. The first-order chi connectivity index (χ1) is 4.41. The van der Waals surface area contributed by atoms with Gasteiger partial charge in [-0.15, -0.1) is 0 Å². The first kappa shape index (κ1) is 12.1. The van der Waals surface area contributed by atoms with Crippen LogP contribution in [-0.2, 0) is 4.79 Å². The second kappa shape index (κ2) is 11.2. The monoisotopic (exact) mass is 151 g/mol. The minimum Gasteiger partial charge on any atom is -0.483 e. The van der Waals surface area contributed by atoms with Crippen molar-refractivity contribution in [2.45, 2.75) is 0 Å². The van der Waals surface area contributed by atoms with Gasteiger partial charge in [0.05, 0.1) is 0 Å². The van der Waals surface area contributed by atoms with Gasteiger partial charge >= 0.3 is 23.1 Å². The number of hydrogen-bond acceptors (Lipinski definition) is 2. The molecule has 1 aromatic rings. The van der Waals surface area contributed by atoms with Crippen LogP contribution < -0.4 is 0 Å². The summed E-state index contributed by atoms with van der Waals surface area (Å²) in [6, 6.07) is 5.72. The fourth-order valence-electron chi connectivity index (χ4n) is 0.313. The SMILES string of the molecule is O=CO.[MgH2].c1ccncc1. The summed E-state index contributed by atoms with van der Waals surface area (Å²) in [5.41, 5.74) is 0. The van der Waals surface area contributed by atoms with E-state index >= 15 is 0 Å². The molecular formula is C6H9MgNO2. The molecule has 0 atom stereocenters. The average molecular weight is 151 g/mol. The Balaban J connectivity index is 0. The fraction of sp³-hybridized carbons (Fsp3) is 0. The topological polar surface area (TPSA) is 50.2 Å². The summed E-state index contributed by atoms with van der Waals surface area (Å²) in [6.07, 6.45) is 3.50. The number of rotatable bonds is 0. The molecule has 0 aliphatic rings.